The van der Waals surface area contributed by atoms with E-state index in [1.807, 2.05) is 18.9 Å². The van der Waals surface area contributed by atoms with Crippen molar-refractivity contribution in [2.75, 3.05) is 46.8 Å². The van der Waals surface area contributed by atoms with Gasteiger partial charge in [-0.15, -0.1) is 0 Å². The van der Waals surface area contributed by atoms with Crippen LogP contribution in [-0.2, 0) is 4.79 Å². The first-order chi connectivity index (χ1) is 11.0. The van der Waals surface area contributed by atoms with E-state index in [1.165, 1.54) is 51.9 Å². The standard InChI is InChI=1S/C18H35N3O2/c1-4-17(18(22)23)20(3)12-5-15-6-13-21(14-7-15)16-8-10-19(2)11-9-16/h15-17H,4-14H2,1-3H3,(H,22,23). The third kappa shape index (κ3) is 5.44. The van der Waals surface area contributed by atoms with E-state index in [0.717, 1.165) is 24.9 Å². The molecule has 1 atom stereocenters. The minimum atomic E-state index is -0.688. The summed E-state index contributed by atoms with van der Waals surface area (Å²) in [5, 5.41) is 9.23. The van der Waals surface area contributed by atoms with Gasteiger partial charge in [-0.3, -0.25) is 9.69 Å². The van der Waals surface area contributed by atoms with E-state index < -0.39 is 5.97 Å². The molecule has 1 N–H and O–H groups in total. The molecule has 0 aromatic rings. The number of nitrogens with zero attached hydrogens (tertiary/aromatic N) is 3. The Morgan fingerprint density at radius 2 is 1.78 bits per heavy atom. The fourth-order valence-corrected chi connectivity index (χ4v) is 4.18. The monoisotopic (exact) mass is 325 g/mol. The van der Waals surface area contributed by atoms with E-state index >= 15 is 0 Å². The smallest absolute Gasteiger partial charge is 0.320 e. The molecular weight excluding hydrogens is 290 g/mol. The van der Waals surface area contributed by atoms with E-state index in [9.17, 15) is 9.90 Å². The number of likely N-dealkylation sites (N-methyl/N-ethyl adjacent to an activating group) is 1. The number of rotatable bonds is 7. The van der Waals surface area contributed by atoms with Gasteiger partial charge in [0, 0.05) is 6.04 Å². The van der Waals surface area contributed by atoms with E-state index in [-0.39, 0.29) is 6.04 Å². The van der Waals surface area contributed by atoms with Gasteiger partial charge in [-0.1, -0.05) is 6.92 Å². The van der Waals surface area contributed by atoms with Crippen molar-refractivity contribution in [1.82, 2.24) is 14.7 Å². The first kappa shape index (κ1) is 18.7. The van der Waals surface area contributed by atoms with Crippen LogP contribution in [0.2, 0.25) is 0 Å². The van der Waals surface area contributed by atoms with Gasteiger partial charge < -0.3 is 14.9 Å². The number of carboxylic acids is 1. The van der Waals surface area contributed by atoms with Crippen molar-refractivity contribution in [2.45, 2.75) is 57.5 Å². The highest BCUT2D eigenvalue weighted by Crippen LogP contribution is 2.25. The Bertz CT molecular complexity index is 361. The molecule has 0 aliphatic carbocycles. The number of carbonyl (C=O) groups is 1. The topological polar surface area (TPSA) is 47.0 Å². The molecule has 2 aliphatic rings. The molecule has 134 valence electrons. The van der Waals surface area contributed by atoms with Gasteiger partial charge in [0.2, 0.25) is 0 Å². The molecule has 5 heteroatoms. The van der Waals surface area contributed by atoms with Crippen molar-refractivity contribution < 1.29 is 9.90 Å². The van der Waals surface area contributed by atoms with Gasteiger partial charge in [-0.2, -0.15) is 0 Å². The zero-order chi connectivity index (χ0) is 16.8. The Morgan fingerprint density at radius 1 is 1.17 bits per heavy atom. The number of piperidine rings is 2. The van der Waals surface area contributed by atoms with Crippen LogP contribution in [0.25, 0.3) is 0 Å². The first-order valence-corrected chi connectivity index (χ1v) is 9.36. The van der Waals surface area contributed by atoms with Gasteiger partial charge in [0.25, 0.3) is 0 Å². The highest BCUT2D eigenvalue weighted by Gasteiger charge is 2.28. The predicted octanol–water partition coefficient (Wildman–Crippen LogP) is 1.98. The van der Waals surface area contributed by atoms with E-state index in [0.29, 0.717) is 6.42 Å². The average molecular weight is 325 g/mol. The van der Waals surface area contributed by atoms with E-state index in [1.54, 1.807) is 0 Å². The van der Waals surface area contributed by atoms with Gasteiger partial charge in [0.05, 0.1) is 0 Å². The molecular formula is C18H35N3O2. The van der Waals surface area contributed by atoms with Crippen LogP contribution in [0.15, 0.2) is 0 Å². The quantitative estimate of drug-likeness (QED) is 0.775. The lowest BCUT2D eigenvalue weighted by atomic mass is 9.91. The molecule has 1 unspecified atom stereocenters. The summed E-state index contributed by atoms with van der Waals surface area (Å²) in [6.45, 7) is 7.81. The van der Waals surface area contributed by atoms with Crippen LogP contribution < -0.4 is 0 Å². The highest BCUT2D eigenvalue weighted by molar-refractivity contribution is 5.73. The third-order valence-corrected chi connectivity index (χ3v) is 5.95. The summed E-state index contributed by atoms with van der Waals surface area (Å²) in [5.74, 6) is 0.0818. The largest absolute Gasteiger partial charge is 0.480 e. The number of hydrogen-bond donors (Lipinski definition) is 1. The summed E-state index contributed by atoms with van der Waals surface area (Å²) >= 11 is 0. The van der Waals surface area contributed by atoms with Gasteiger partial charge >= 0.3 is 5.97 Å². The summed E-state index contributed by atoms with van der Waals surface area (Å²) in [6, 6.07) is 0.473. The molecule has 0 aromatic carbocycles. The zero-order valence-electron chi connectivity index (χ0n) is 15.2. The summed E-state index contributed by atoms with van der Waals surface area (Å²) in [4.78, 5) is 18.4. The molecule has 0 radical (unpaired) electrons. The van der Waals surface area contributed by atoms with E-state index in [4.69, 9.17) is 0 Å². The maximum atomic E-state index is 11.2. The second kappa shape index (κ2) is 9.00. The number of hydrogen-bond acceptors (Lipinski definition) is 4. The SMILES string of the molecule is CCC(C(=O)O)N(C)CCC1CCN(C2CCN(C)CC2)CC1. The normalized spacial score (nSPS) is 24.2. The number of aliphatic carboxylic acids is 1. The molecule has 0 saturated carbocycles. The maximum absolute atomic E-state index is 11.2. The van der Waals surface area contributed by atoms with Crippen molar-refractivity contribution >= 4 is 5.97 Å². The van der Waals surface area contributed by atoms with Crippen molar-refractivity contribution in [2.24, 2.45) is 5.92 Å². The minimum Gasteiger partial charge on any atom is -0.480 e. The molecule has 0 aromatic heterocycles. The summed E-state index contributed by atoms with van der Waals surface area (Å²) in [6.07, 6.45) is 7.03. The summed E-state index contributed by atoms with van der Waals surface area (Å²) in [5.41, 5.74) is 0. The van der Waals surface area contributed by atoms with Gasteiger partial charge in [-0.05, 0) is 91.3 Å². The fourth-order valence-electron chi connectivity index (χ4n) is 4.18. The van der Waals surface area contributed by atoms with Crippen LogP contribution in [0.1, 0.15) is 45.4 Å². The molecule has 0 spiro atoms. The van der Waals surface area contributed by atoms with Gasteiger partial charge in [0.1, 0.15) is 6.04 Å². The number of carboxylic acid groups (broad SMARTS) is 1. The van der Waals surface area contributed by atoms with Gasteiger partial charge in [-0.25, -0.2) is 0 Å². The Morgan fingerprint density at radius 3 is 2.30 bits per heavy atom. The number of likely N-dealkylation sites (tertiary alicyclic amines) is 2. The molecule has 0 bridgehead atoms. The Balaban J connectivity index is 1.67. The van der Waals surface area contributed by atoms with Crippen molar-refractivity contribution in [3.05, 3.63) is 0 Å². The molecule has 2 saturated heterocycles. The molecule has 0 amide bonds. The van der Waals surface area contributed by atoms with Crippen molar-refractivity contribution in [3.8, 4) is 0 Å². The van der Waals surface area contributed by atoms with Crippen LogP contribution in [0.5, 0.6) is 0 Å². The van der Waals surface area contributed by atoms with Crippen LogP contribution in [-0.4, -0.2) is 84.7 Å². The Kier molecular flexibility index (Phi) is 7.31. The second-order valence-electron chi connectivity index (χ2n) is 7.55. The van der Waals surface area contributed by atoms with Crippen molar-refractivity contribution in [1.29, 1.82) is 0 Å². The Labute approximate surface area is 141 Å². The van der Waals surface area contributed by atoms with Crippen LogP contribution >= 0.6 is 0 Å². The average Bonchev–Trinajstić information content (AvgIpc) is 2.54. The lowest BCUT2D eigenvalue weighted by Gasteiger charge is -2.41. The van der Waals surface area contributed by atoms with E-state index in [2.05, 4.69) is 16.8 Å². The molecule has 2 aliphatic heterocycles. The zero-order valence-corrected chi connectivity index (χ0v) is 15.2. The molecule has 2 heterocycles. The third-order valence-electron chi connectivity index (χ3n) is 5.95. The van der Waals surface area contributed by atoms with Gasteiger partial charge in [0.15, 0.2) is 0 Å². The first-order valence-electron chi connectivity index (χ1n) is 9.36. The Hall–Kier alpha value is -0.650. The molecule has 23 heavy (non-hydrogen) atoms. The maximum Gasteiger partial charge on any atom is 0.320 e. The second-order valence-corrected chi connectivity index (χ2v) is 7.55. The molecule has 5 nitrogen and oxygen atoms in total. The summed E-state index contributed by atoms with van der Waals surface area (Å²) in [7, 11) is 4.18. The molecule has 2 rings (SSSR count). The molecule has 2 fully saturated rings. The highest BCUT2D eigenvalue weighted by atomic mass is 16.4. The summed E-state index contributed by atoms with van der Waals surface area (Å²) < 4.78 is 0. The predicted molar refractivity (Wildman–Crippen MR) is 93.8 cm³/mol. The fraction of sp³-hybridized carbons (Fsp3) is 0.944. The van der Waals surface area contributed by atoms with Crippen molar-refractivity contribution in [3.63, 3.8) is 0 Å². The van der Waals surface area contributed by atoms with Crippen LogP contribution in [0.4, 0.5) is 0 Å². The lowest BCUT2D eigenvalue weighted by Crippen LogP contribution is -2.47. The van der Waals surface area contributed by atoms with Crippen LogP contribution in [0.3, 0.4) is 0 Å². The minimum absolute atomic E-state index is 0.325. The van der Waals surface area contributed by atoms with Crippen LogP contribution in [0, 0.1) is 5.92 Å². The lowest BCUT2D eigenvalue weighted by molar-refractivity contribution is -0.142.